The van der Waals surface area contributed by atoms with Gasteiger partial charge >= 0.3 is 0 Å². The molecule has 0 unspecified atom stereocenters. The molecule has 0 saturated carbocycles. The number of furan rings is 1. The van der Waals surface area contributed by atoms with E-state index in [1.54, 1.807) is 6.20 Å². The standard InChI is InChI=1S/C22H29N5O2/c1-6-25-7-9-26(10-8-25)22(28)18-12-20(17-11-15(4)29-16(17)5)24-21-19(18)13-23-27(21)14(2)3/h11-14H,6-10H2,1-5H3. The molecule has 1 fully saturated rings. The number of aromatic nitrogens is 3. The quantitative estimate of drug-likeness (QED) is 0.674. The van der Waals surface area contributed by atoms with Gasteiger partial charge in [0.25, 0.3) is 5.91 Å². The topological polar surface area (TPSA) is 67.4 Å². The van der Waals surface area contributed by atoms with E-state index in [1.807, 2.05) is 35.6 Å². The number of likely N-dealkylation sites (N-methyl/N-ethyl adjacent to an activating group) is 1. The van der Waals surface area contributed by atoms with Crippen LogP contribution in [0, 0.1) is 13.8 Å². The van der Waals surface area contributed by atoms with Crippen LogP contribution in [0.15, 0.2) is 22.7 Å². The molecule has 3 aromatic heterocycles. The summed E-state index contributed by atoms with van der Waals surface area (Å²) in [5.74, 6) is 1.69. The Morgan fingerprint density at radius 2 is 1.90 bits per heavy atom. The fourth-order valence-electron chi connectivity index (χ4n) is 4.03. The average molecular weight is 396 g/mol. The molecule has 4 heterocycles. The highest BCUT2D eigenvalue weighted by atomic mass is 16.3. The molecular formula is C22H29N5O2. The van der Waals surface area contributed by atoms with Gasteiger partial charge in [-0.3, -0.25) is 4.79 Å². The summed E-state index contributed by atoms with van der Waals surface area (Å²) in [7, 11) is 0. The number of carbonyl (C=O) groups excluding carboxylic acids is 1. The highest BCUT2D eigenvalue weighted by Gasteiger charge is 2.26. The molecule has 0 radical (unpaired) electrons. The molecule has 0 atom stereocenters. The van der Waals surface area contributed by atoms with E-state index in [1.165, 1.54) is 0 Å². The van der Waals surface area contributed by atoms with Crippen molar-refractivity contribution in [1.29, 1.82) is 0 Å². The van der Waals surface area contributed by atoms with Crippen LogP contribution in [0.4, 0.5) is 0 Å². The maximum absolute atomic E-state index is 13.5. The van der Waals surface area contributed by atoms with Crippen LogP contribution in [0.3, 0.4) is 0 Å². The molecule has 0 bridgehead atoms. The van der Waals surface area contributed by atoms with E-state index in [2.05, 4.69) is 30.8 Å². The molecule has 0 N–H and O–H groups in total. The van der Waals surface area contributed by atoms with Crippen molar-refractivity contribution in [2.24, 2.45) is 0 Å². The lowest BCUT2D eigenvalue weighted by Gasteiger charge is -2.34. The molecule has 0 aromatic carbocycles. The van der Waals surface area contributed by atoms with Crippen molar-refractivity contribution in [3.05, 3.63) is 35.4 Å². The van der Waals surface area contributed by atoms with Crippen LogP contribution in [-0.2, 0) is 0 Å². The monoisotopic (exact) mass is 395 g/mol. The molecule has 3 aromatic rings. The number of nitrogens with zero attached hydrogens (tertiary/aromatic N) is 5. The van der Waals surface area contributed by atoms with Gasteiger partial charge in [0.1, 0.15) is 11.5 Å². The van der Waals surface area contributed by atoms with Crippen molar-refractivity contribution in [3.8, 4) is 11.3 Å². The van der Waals surface area contributed by atoms with Crippen molar-refractivity contribution in [2.75, 3.05) is 32.7 Å². The summed E-state index contributed by atoms with van der Waals surface area (Å²) in [6.45, 7) is 14.5. The molecule has 1 amide bonds. The van der Waals surface area contributed by atoms with E-state index < -0.39 is 0 Å². The molecule has 7 heteroatoms. The first kappa shape index (κ1) is 19.6. The summed E-state index contributed by atoms with van der Waals surface area (Å²) in [5.41, 5.74) is 3.09. The van der Waals surface area contributed by atoms with Crippen LogP contribution < -0.4 is 0 Å². The molecule has 1 aliphatic rings. The average Bonchev–Trinajstić information content (AvgIpc) is 3.29. The van der Waals surface area contributed by atoms with E-state index in [0.29, 0.717) is 5.56 Å². The Kier molecular flexibility index (Phi) is 5.17. The van der Waals surface area contributed by atoms with Gasteiger partial charge in [-0.1, -0.05) is 6.92 Å². The number of fused-ring (bicyclic) bond motifs is 1. The van der Waals surface area contributed by atoms with Crippen molar-refractivity contribution in [3.63, 3.8) is 0 Å². The molecule has 1 aliphatic heterocycles. The molecule has 4 rings (SSSR count). The minimum atomic E-state index is 0.0515. The maximum Gasteiger partial charge on any atom is 0.254 e. The number of aryl methyl sites for hydroxylation is 2. The number of hydrogen-bond acceptors (Lipinski definition) is 5. The lowest BCUT2D eigenvalue weighted by molar-refractivity contribution is 0.0645. The third kappa shape index (κ3) is 3.55. The Hall–Kier alpha value is -2.67. The molecule has 154 valence electrons. The molecule has 29 heavy (non-hydrogen) atoms. The second-order valence-corrected chi connectivity index (χ2v) is 8.03. The summed E-state index contributed by atoms with van der Waals surface area (Å²) < 4.78 is 7.60. The van der Waals surface area contributed by atoms with Crippen LogP contribution in [0.5, 0.6) is 0 Å². The summed E-state index contributed by atoms with van der Waals surface area (Å²) in [6, 6.07) is 4.03. The maximum atomic E-state index is 13.5. The van der Waals surface area contributed by atoms with Crippen LogP contribution in [-0.4, -0.2) is 63.2 Å². The zero-order chi connectivity index (χ0) is 20.7. The number of piperazine rings is 1. The fraction of sp³-hybridized carbons (Fsp3) is 0.500. The van der Waals surface area contributed by atoms with Gasteiger partial charge in [0.15, 0.2) is 5.65 Å². The predicted molar refractivity (Wildman–Crippen MR) is 113 cm³/mol. The number of rotatable bonds is 4. The van der Waals surface area contributed by atoms with Crippen molar-refractivity contribution in [2.45, 2.75) is 40.7 Å². The molecular weight excluding hydrogens is 366 g/mol. The highest BCUT2D eigenvalue weighted by molar-refractivity contribution is 6.06. The van der Waals surface area contributed by atoms with E-state index in [9.17, 15) is 4.79 Å². The second kappa shape index (κ2) is 7.63. The van der Waals surface area contributed by atoms with Crippen LogP contribution in [0.2, 0.25) is 0 Å². The lowest BCUT2D eigenvalue weighted by Crippen LogP contribution is -2.48. The first-order chi connectivity index (χ1) is 13.9. The largest absolute Gasteiger partial charge is 0.466 e. The minimum Gasteiger partial charge on any atom is -0.466 e. The minimum absolute atomic E-state index is 0.0515. The van der Waals surface area contributed by atoms with Crippen LogP contribution >= 0.6 is 0 Å². The van der Waals surface area contributed by atoms with Gasteiger partial charge in [0.2, 0.25) is 0 Å². The van der Waals surface area contributed by atoms with Crippen molar-refractivity contribution in [1.82, 2.24) is 24.6 Å². The van der Waals surface area contributed by atoms with E-state index in [0.717, 1.165) is 66.5 Å². The number of hydrogen-bond donors (Lipinski definition) is 0. The Bertz CT molecular complexity index is 1040. The third-order valence-corrected chi connectivity index (χ3v) is 5.71. The Labute approximate surface area is 171 Å². The van der Waals surface area contributed by atoms with E-state index >= 15 is 0 Å². The Morgan fingerprint density at radius 1 is 1.17 bits per heavy atom. The number of carbonyl (C=O) groups is 1. The number of amides is 1. The normalized spacial score (nSPS) is 15.6. The van der Waals surface area contributed by atoms with Gasteiger partial charge in [-0.15, -0.1) is 0 Å². The van der Waals surface area contributed by atoms with Crippen LogP contribution in [0.25, 0.3) is 22.3 Å². The van der Waals surface area contributed by atoms with Gasteiger partial charge in [-0.25, -0.2) is 9.67 Å². The van der Waals surface area contributed by atoms with Gasteiger partial charge in [-0.2, -0.15) is 5.10 Å². The second-order valence-electron chi connectivity index (χ2n) is 8.03. The highest BCUT2D eigenvalue weighted by Crippen LogP contribution is 2.30. The third-order valence-electron chi connectivity index (χ3n) is 5.71. The summed E-state index contributed by atoms with van der Waals surface area (Å²) in [5, 5.41) is 5.33. The Balaban J connectivity index is 1.82. The van der Waals surface area contributed by atoms with Gasteiger partial charge in [0.05, 0.1) is 22.8 Å². The number of pyridine rings is 1. The zero-order valence-electron chi connectivity index (χ0n) is 17.9. The van der Waals surface area contributed by atoms with Crippen LogP contribution in [0.1, 0.15) is 48.7 Å². The molecule has 0 aliphatic carbocycles. The van der Waals surface area contributed by atoms with E-state index in [-0.39, 0.29) is 11.9 Å². The summed E-state index contributed by atoms with van der Waals surface area (Å²) in [4.78, 5) is 22.7. The first-order valence-electron chi connectivity index (χ1n) is 10.4. The van der Waals surface area contributed by atoms with E-state index in [4.69, 9.17) is 9.40 Å². The van der Waals surface area contributed by atoms with Crippen molar-refractivity contribution < 1.29 is 9.21 Å². The molecule has 0 spiro atoms. The van der Waals surface area contributed by atoms with Gasteiger partial charge in [-0.05, 0) is 46.4 Å². The summed E-state index contributed by atoms with van der Waals surface area (Å²) in [6.07, 6.45) is 1.77. The lowest BCUT2D eigenvalue weighted by atomic mass is 10.1. The van der Waals surface area contributed by atoms with Gasteiger partial charge < -0.3 is 14.2 Å². The molecule has 7 nitrogen and oxygen atoms in total. The molecule has 1 saturated heterocycles. The summed E-state index contributed by atoms with van der Waals surface area (Å²) >= 11 is 0. The first-order valence-corrected chi connectivity index (χ1v) is 10.4. The smallest absolute Gasteiger partial charge is 0.254 e. The predicted octanol–water partition coefficient (Wildman–Crippen LogP) is 3.67. The SMILES string of the molecule is CCN1CCN(C(=O)c2cc(-c3cc(C)oc3C)nc3c2cnn3C(C)C)CC1. The van der Waals surface area contributed by atoms with Gasteiger partial charge in [0, 0.05) is 37.8 Å². The van der Waals surface area contributed by atoms with Crippen molar-refractivity contribution >= 4 is 16.9 Å². The Morgan fingerprint density at radius 3 is 2.48 bits per heavy atom. The zero-order valence-corrected chi connectivity index (χ0v) is 17.9. The fourth-order valence-corrected chi connectivity index (χ4v) is 4.03.